The van der Waals surface area contributed by atoms with E-state index < -0.39 is 21.3 Å². The van der Waals surface area contributed by atoms with Crippen molar-refractivity contribution in [1.29, 1.82) is 0 Å². The molecule has 1 saturated heterocycles. The second-order valence-electron chi connectivity index (χ2n) is 5.76. The molecule has 1 fully saturated rings. The normalized spacial score (nSPS) is 21.8. The van der Waals surface area contributed by atoms with Gasteiger partial charge in [0.15, 0.2) is 9.84 Å². The minimum absolute atomic E-state index is 0.221. The van der Waals surface area contributed by atoms with Gasteiger partial charge in [-0.3, -0.25) is 4.79 Å². The summed E-state index contributed by atoms with van der Waals surface area (Å²) >= 11 is 0. The van der Waals surface area contributed by atoms with Gasteiger partial charge in [-0.15, -0.1) is 0 Å². The van der Waals surface area contributed by atoms with Crippen LogP contribution in [0.15, 0.2) is 0 Å². The molecule has 7 heteroatoms. The maximum atomic E-state index is 11.6. The van der Waals surface area contributed by atoms with E-state index in [0.29, 0.717) is 32.5 Å². The zero-order valence-corrected chi connectivity index (χ0v) is 13.9. The third-order valence-corrected chi connectivity index (χ3v) is 5.85. The molecule has 1 rings (SSSR count). The van der Waals surface area contributed by atoms with Crippen LogP contribution in [0.4, 0.5) is 0 Å². The first-order valence-corrected chi connectivity index (χ1v) is 9.58. The molecule has 1 atom stereocenters. The van der Waals surface area contributed by atoms with Crippen LogP contribution >= 0.6 is 0 Å². The molecule has 6 nitrogen and oxygen atoms in total. The summed E-state index contributed by atoms with van der Waals surface area (Å²) < 4.78 is 22.7. The Morgan fingerprint density at radius 3 is 2.38 bits per heavy atom. The van der Waals surface area contributed by atoms with E-state index in [0.717, 1.165) is 19.4 Å². The third-order valence-electron chi connectivity index (χ3n) is 4.24. The van der Waals surface area contributed by atoms with Crippen molar-refractivity contribution in [1.82, 2.24) is 10.2 Å². The fourth-order valence-electron chi connectivity index (χ4n) is 2.67. The molecule has 2 N–H and O–H groups in total. The highest BCUT2D eigenvalue weighted by Gasteiger charge is 2.35. The van der Waals surface area contributed by atoms with E-state index in [1.807, 2.05) is 13.8 Å². The lowest BCUT2D eigenvalue weighted by Crippen LogP contribution is -2.52. The predicted octanol–water partition coefficient (Wildman–Crippen LogP) is 0.730. The van der Waals surface area contributed by atoms with Crippen LogP contribution in [0.3, 0.4) is 0 Å². The van der Waals surface area contributed by atoms with Crippen molar-refractivity contribution in [2.75, 3.05) is 37.7 Å². The Morgan fingerprint density at radius 2 is 1.90 bits per heavy atom. The first-order valence-electron chi connectivity index (χ1n) is 7.76. The summed E-state index contributed by atoms with van der Waals surface area (Å²) in [4.78, 5) is 13.7. The van der Waals surface area contributed by atoms with Crippen molar-refractivity contribution in [2.24, 2.45) is 0 Å². The Bertz CT molecular complexity index is 424. The van der Waals surface area contributed by atoms with Crippen LogP contribution < -0.4 is 5.32 Å². The Labute approximate surface area is 127 Å². The van der Waals surface area contributed by atoms with E-state index in [1.165, 1.54) is 0 Å². The fourth-order valence-corrected chi connectivity index (χ4v) is 3.94. The molecule has 0 aromatic heterocycles. The van der Waals surface area contributed by atoms with E-state index >= 15 is 0 Å². The van der Waals surface area contributed by atoms with Crippen molar-refractivity contribution in [3.05, 3.63) is 0 Å². The fraction of sp³-hybridized carbons (Fsp3) is 0.929. The van der Waals surface area contributed by atoms with Gasteiger partial charge in [-0.25, -0.2) is 8.42 Å². The van der Waals surface area contributed by atoms with E-state index in [-0.39, 0.29) is 11.5 Å². The van der Waals surface area contributed by atoms with Gasteiger partial charge in [0.05, 0.1) is 11.5 Å². The number of hydrogen-bond donors (Lipinski definition) is 2. The number of carbonyl (C=O) groups is 1. The van der Waals surface area contributed by atoms with Crippen molar-refractivity contribution in [2.45, 2.75) is 45.1 Å². The van der Waals surface area contributed by atoms with Crippen LogP contribution in [0, 0.1) is 0 Å². The van der Waals surface area contributed by atoms with Crippen molar-refractivity contribution in [3.8, 4) is 0 Å². The summed E-state index contributed by atoms with van der Waals surface area (Å²) in [6.45, 7) is 6.50. The predicted molar refractivity (Wildman–Crippen MR) is 83.3 cm³/mol. The Hall–Kier alpha value is -0.660. The van der Waals surface area contributed by atoms with Crippen LogP contribution in [0.25, 0.3) is 0 Å². The average molecular weight is 320 g/mol. The molecule has 1 aliphatic rings. The molecule has 0 bridgehead atoms. The molecule has 1 unspecified atom stereocenters. The molecule has 0 radical (unpaired) electrons. The van der Waals surface area contributed by atoms with Gasteiger partial charge in [-0.2, -0.15) is 0 Å². The lowest BCUT2D eigenvalue weighted by Gasteiger charge is -2.31. The number of rotatable bonds is 9. The van der Waals surface area contributed by atoms with Gasteiger partial charge < -0.3 is 15.3 Å². The van der Waals surface area contributed by atoms with Crippen LogP contribution in [-0.2, 0) is 14.6 Å². The molecule has 0 aromatic rings. The van der Waals surface area contributed by atoms with Gasteiger partial charge in [-0.05, 0) is 38.8 Å². The first-order chi connectivity index (χ1) is 9.85. The molecule has 0 aliphatic carbocycles. The summed E-state index contributed by atoms with van der Waals surface area (Å²) in [5.74, 6) is -0.350. The minimum atomic E-state index is -2.85. The number of carboxylic acids is 1. The highest BCUT2D eigenvalue weighted by molar-refractivity contribution is 7.91. The van der Waals surface area contributed by atoms with Crippen LogP contribution in [-0.4, -0.2) is 67.6 Å². The molecule has 0 spiro atoms. The average Bonchev–Trinajstić information content (AvgIpc) is 2.44. The van der Waals surface area contributed by atoms with Crippen molar-refractivity contribution >= 4 is 15.8 Å². The van der Waals surface area contributed by atoms with Gasteiger partial charge in [0.25, 0.3) is 0 Å². The second-order valence-corrected chi connectivity index (χ2v) is 8.07. The van der Waals surface area contributed by atoms with E-state index in [1.54, 1.807) is 0 Å². The number of aliphatic carboxylic acids is 1. The largest absolute Gasteiger partial charge is 0.480 e. The highest BCUT2D eigenvalue weighted by atomic mass is 32.2. The topological polar surface area (TPSA) is 86.7 Å². The Morgan fingerprint density at radius 1 is 1.29 bits per heavy atom. The number of nitrogens with zero attached hydrogens (tertiary/aromatic N) is 1. The standard InChI is InChI=1S/C14H28N2O4S/c1-3-7-15-14(4-2,13(17)18)6-5-8-16-9-11-21(19,20)12-10-16/h15H,3-12H2,1-2H3,(H,17,18). The van der Waals surface area contributed by atoms with Gasteiger partial charge in [0.1, 0.15) is 5.54 Å². The molecule has 0 aromatic carbocycles. The number of carboxylic acid groups (broad SMARTS) is 1. The van der Waals surface area contributed by atoms with Crippen LogP contribution in [0.5, 0.6) is 0 Å². The second kappa shape index (κ2) is 8.10. The smallest absolute Gasteiger partial charge is 0.323 e. The third kappa shape index (κ3) is 5.56. The summed E-state index contributed by atoms with van der Waals surface area (Å²) in [6.07, 6.45) is 2.79. The van der Waals surface area contributed by atoms with Crippen molar-refractivity contribution in [3.63, 3.8) is 0 Å². The van der Waals surface area contributed by atoms with Gasteiger partial charge in [-0.1, -0.05) is 13.8 Å². The molecule has 1 aliphatic heterocycles. The SMILES string of the molecule is CCCNC(CC)(CCCN1CCS(=O)(=O)CC1)C(=O)O. The maximum absolute atomic E-state index is 11.6. The zero-order valence-electron chi connectivity index (χ0n) is 13.1. The Balaban J connectivity index is 2.45. The summed E-state index contributed by atoms with van der Waals surface area (Å²) in [6, 6.07) is 0. The molecule has 0 amide bonds. The maximum Gasteiger partial charge on any atom is 0.323 e. The monoisotopic (exact) mass is 320 g/mol. The van der Waals surface area contributed by atoms with Gasteiger partial charge in [0, 0.05) is 13.1 Å². The highest BCUT2D eigenvalue weighted by Crippen LogP contribution is 2.19. The minimum Gasteiger partial charge on any atom is -0.480 e. The summed E-state index contributed by atoms with van der Waals surface area (Å²) in [5.41, 5.74) is -0.849. The van der Waals surface area contributed by atoms with E-state index in [4.69, 9.17) is 0 Å². The van der Waals surface area contributed by atoms with Gasteiger partial charge in [0.2, 0.25) is 0 Å². The molecular weight excluding hydrogens is 292 g/mol. The van der Waals surface area contributed by atoms with E-state index in [2.05, 4.69) is 10.2 Å². The quantitative estimate of drug-likeness (QED) is 0.651. The number of sulfone groups is 1. The van der Waals surface area contributed by atoms with E-state index in [9.17, 15) is 18.3 Å². The summed E-state index contributed by atoms with van der Waals surface area (Å²) in [5, 5.41) is 12.7. The summed E-state index contributed by atoms with van der Waals surface area (Å²) in [7, 11) is -2.85. The molecule has 21 heavy (non-hydrogen) atoms. The molecular formula is C14H28N2O4S. The van der Waals surface area contributed by atoms with Crippen LogP contribution in [0.2, 0.25) is 0 Å². The first kappa shape index (κ1) is 18.4. The molecule has 124 valence electrons. The molecule has 1 heterocycles. The van der Waals surface area contributed by atoms with Crippen molar-refractivity contribution < 1.29 is 18.3 Å². The van der Waals surface area contributed by atoms with Crippen LogP contribution in [0.1, 0.15) is 39.5 Å². The number of hydrogen-bond acceptors (Lipinski definition) is 5. The lowest BCUT2D eigenvalue weighted by atomic mass is 9.90. The number of nitrogens with one attached hydrogen (secondary N) is 1. The lowest BCUT2D eigenvalue weighted by molar-refractivity contribution is -0.145. The molecule has 0 saturated carbocycles. The zero-order chi connectivity index (χ0) is 15.9. The van der Waals surface area contributed by atoms with Gasteiger partial charge >= 0.3 is 5.97 Å². The Kier molecular flexibility index (Phi) is 7.09.